The van der Waals surface area contributed by atoms with Crippen LogP contribution in [0.4, 0.5) is 0 Å². The van der Waals surface area contributed by atoms with E-state index >= 15 is 0 Å². The summed E-state index contributed by atoms with van der Waals surface area (Å²) in [4.78, 5) is 4.38. The minimum absolute atomic E-state index is 0.159. The molecule has 2 N–H and O–H groups in total. The summed E-state index contributed by atoms with van der Waals surface area (Å²) in [5.74, 6) is 1.19. The molecule has 2 aliphatic rings. The Hall–Kier alpha value is -0.980. The molecule has 1 saturated heterocycles. The first-order valence-electron chi connectivity index (χ1n) is 6.56. The minimum atomic E-state index is -0.200. The number of nitrogens with two attached hydrogens (primary N) is 1. The molecular weight excluding hydrogens is 234 g/mol. The topological polar surface area (TPSA) is 83.4 Å². The van der Waals surface area contributed by atoms with Crippen LogP contribution in [0.2, 0.25) is 0 Å². The molecule has 0 aromatic carbocycles. The summed E-state index contributed by atoms with van der Waals surface area (Å²) >= 11 is 0. The lowest BCUT2D eigenvalue weighted by atomic mass is 9.95. The van der Waals surface area contributed by atoms with Gasteiger partial charge in [0.05, 0.1) is 19.8 Å². The first kappa shape index (κ1) is 12.1. The van der Waals surface area contributed by atoms with Gasteiger partial charge >= 0.3 is 0 Å². The maximum atomic E-state index is 6.30. The van der Waals surface area contributed by atoms with Gasteiger partial charge in [-0.15, -0.1) is 0 Å². The SMILES string of the molecule is NC1(Cc2nc(C3COCCO3)no2)CCCC1. The van der Waals surface area contributed by atoms with Crippen LogP contribution in [0, 0.1) is 0 Å². The average Bonchev–Trinajstić information content (AvgIpc) is 3.00. The highest BCUT2D eigenvalue weighted by atomic mass is 16.6. The van der Waals surface area contributed by atoms with E-state index in [0.717, 1.165) is 12.8 Å². The van der Waals surface area contributed by atoms with Crippen molar-refractivity contribution in [2.75, 3.05) is 19.8 Å². The summed E-state index contributed by atoms with van der Waals surface area (Å²) < 4.78 is 16.1. The Morgan fingerprint density at radius 1 is 1.28 bits per heavy atom. The van der Waals surface area contributed by atoms with E-state index in [9.17, 15) is 0 Å². The van der Waals surface area contributed by atoms with Crippen LogP contribution in [0.25, 0.3) is 0 Å². The molecule has 18 heavy (non-hydrogen) atoms. The van der Waals surface area contributed by atoms with Crippen molar-refractivity contribution in [1.29, 1.82) is 0 Å². The summed E-state index contributed by atoms with van der Waals surface area (Å²) in [6.07, 6.45) is 4.91. The van der Waals surface area contributed by atoms with Crippen molar-refractivity contribution in [3.8, 4) is 0 Å². The molecule has 2 fully saturated rings. The number of rotatable bonds is 3. The molecule has 1 aromatic heterocycles. The molecule has 2 heterocycles. The highest BCUT2D eigenvalue weighted by Crippen LogP contribution is 2.30. The fraction of sp³-hybridized carbons (Fsp3) is 0.833. The zero-order valence-electron chi connectivity index (χ0n) is 10.4. The molecule has 100 valence electrons. The summed E-state index contributed by atoms with van der Waals surface area (Å²) in [6.45, 7) is 1.70. The van der Waals surface area contributed by atoms with Crippen LogP contribution in [-0.2, 0) is 15.9 Å². The summed E-state index contributed by atoms with van der Waals surface area (Å²) in [5.41, 5.74) is 6.14. The molecular formula is C12H19N3O3. The lowest BCUT2D eigenvalue weighted by Crippen LogP contribution is -2.38. The molecule has 1 aliphatic heterocycles. The van der Waals surface area contributed by atoms with E-state index in [1.165, 1.54) is 12.8 Å². The number of aromatic nitrogens is 2. The highest BCUT2D eigenvalue weighted by Gasteiger charge is 2.32. The van der Waals surface area contributed by atoms with Gasteiger partial charge in [-0.2, -0.15) is 4.98 Å². The van der Waals surface area contributed by atoms with Crippen molar-refractivity contribution in [3.05, 3.63) is 11.7 Å². The smallest absolute Gasteiger partial charge is 0.228 e. The van der Waals surface area contributed by atoms with E-state index in [1.54, 1.807) is 0 Å². The molecule has 1 aromatic rings. The zero-order valence-corrected chi connectivity index (χ0v) is 10.4. The lowest BCUT2D eigenvalue weighted by Gasteiger charge is -2.21. The molecule has 1 unspecified atom stereocenters. The Morgan fingerprint density at radius 2 is 2.11 bits per heavy atom. The van der Waals surface area contributed by atoms with Crippen LogP contribution in [0.3, 0.4) is 0 Å². The first-order chi connectivity index (χ1) is 8.75. The van der Waals surface area contributed by atoms with Crippen LogP contribution >= 0.6 is 0 Å². The molecule has 0 bridgehead atoms. The normalized spacial score (nSPS) is 27.5. The van der Waals surface area contributed by atoms with Gasteiger partial charge in [-0.05, 0) is 12.8 Å². The summed E-state index contributed by atoms with van der Waals surface area (Å²) in [7, 11) is 0. The standard InChI is InChI=1S/C12H19N3O3/c13-12(3-1-2-4-12)7-10-14-11(15-18-10)9-8-16-5-6-17-9/h9H,1-8,13H2. The van der Waals surface area contributed by atoms with Gasteiger partial charge in [-0.3, -0.25) is 0 Å². The van der Waals surface area contributed by atoms with E-state index in [1.807, 2.05) is 0 Å². The average molecular weight is 253 g/mol. The lowest BCUT2D eigenvalue weighted by molar-refractivity contribution is -0.0941. The van der Waals surface area contributed by atoms with Crippen LogP contribution in [0.1, 0.15) is 43.5 Å². The quantitative estimate of drug-likeness (QED) is 0.864. The Morgan fingerprint density at radius 3 is 2.83 bits per heavy atom. The molecule has 6 nitrogen and oxygen atoms in total. The molecule has 1 atom stereocenters. The van der Waals surface area contributed by atoms with E-state index < -0.39 is 0 Å². The second-order valence-electron chi connectivity index (χ2n) is 5.23. The number of hydrogen-bond donors (Lipinski definition) is 1. The van der Waals surface area contributed by atoms with Crippen LogP contribution in [0.5, 0.6) is 0 Å². The number of hydrogen-bond acceptors (Lipinski definition) is 6. The largest absolute Gasteiger partial charge is 0.376 e. The van der Waals surface area contributed by atoms with Crippen molar-refractivity contribution in [2.45, 2.75) is 43.7 Å². The molecule has 6 heteroatoms. The predicted octanol–water partition coefficient (Wildman–Crippen LogP) is 0.971. The fourth-order valence-electron chi connectivity index (χ4n) is 2.66. The van der Waals surface area contributed by atoms with Crippen LogP contribution in [0.15, 0.2) is 4.52 Å². The van der Waals surface area contributed by atoms with Crippen LogP contribution < -0.4 is 5.73 Å². The van der Waals surface area contributed by atoms with E-state index in [4.69, 9.17) is 19.7 Å². The van der Waals surface area contributed by atoms with Gasteiger partial charge in [0.1, 0.15) is 6.10 Å². The molecule has 0 spiro atoms. The molecule has 1 aliphatic carbocycles. The van der Waals surface area contributed by atoms with Gasteiger partial charge in [0, 0.05) is 12.0 Å². The van der Waals surface area contributed by atoms with Gasteiger partial charge in [0.25, 0.3) is 0 Å². The van der Waals surface area contributed by atoms with Crippen molar-refractivity contribution >= 4 is 0 Å². The van der Waals surface area contributed by atoms with Gasteiger partial charge in [0.2, 0.25) is 11.7 Å². The third kappa shape index (κ3) is 2.55. The fourth-order valence-corrected chi connectivity index (χ4v) is 2.66. The number of ether oxygens (including phenoxy) is 2. The Bertz CT molecular complexity index is 395. The third-order valence-electron chi connectivity index (χ3n) is 3.69. The highest BCUT2D eigenvalue weighted by molar-refractivity contribution is 5.00. The minimum Gasteiger partial charge on any atom is -0.376 e. The Kier molecular flexibility index (Phi) is 3.32. The predicted molar refractivity (Wildman–Crippen MR) is 62.9 cm³/mol. The maximum Gasteiger partial charge on any atom is 0.228 e. The molecule has 1 saturated carbocycles. The second-order valence-corrected chi connectivity index (χ2v) is 5.23. The van der Waals surface area contributed by atoms with Crippen LogP contribution in [-0.4, -0.2) is 35.5 Å². The number of nitrogens with zero attached hydrogens (tertiary/aromatic N) is 2. The maximum absolute atomic E-state index is 6.30. The van der Waals surface area contributed by atoms with Crippen molar-refractivity contribution in [1.82, 2.24) is 10.1 Å². The Labute approximate surface area is 106 Å². The second kappa shape index (κ2) is 4.95. The van der Waals surface area contributed by atoms with E-state index in [-0.39, 0.29) is 11.6 Å². The zero-order chi connectivity index (χ0) is 12.4. The molecule has 0 amide bonds. The van der Waals surface area contributed by atoms with Gasteiger partial charge in [-0.25, -0.2) is 0 Å². The van der Waals surface area contributed by atoms with E-state index in [0.29, 0.717) is 38.0 Å². The van der Waals surface area contributed by atoms with Gasteiger partial charge in [-0.1, -0.05) is 18.0 Å². The van der Waals surface area contributed by atoms with Crippen molar-refractivity contribution < 1.29 is 14.0 Å². The van der Waals surface area contributed by atoms with Gasteiger partial charge in [0.15, 0.2) is 0 Å². The summed E-state index contributed by atoms with van der Waals surface area (Å²) in [5, 5.41) is 3.97. The van der Waals surface area contributed by atoms with Crippen molar-refractivity contribution in [3.63, 3.8) is 0 Å². The summed E-state index contributed by atoms with van der Waals surface area (Å²) in [6, 6.07) is 0. The molecule has 3 rings (SSSR count). The van der Waals surface area contributed by atoms with Gasteiger partial charge < -0.3 is 19.7 Å². The van der Waals surface area contributed by atoms with E-state index in [2.05, 4.69) is 10.1 Å². The van der Waals surface area contributed by atoms with Crippen molar-refractivity contribution in [2.24, 2.45) is 5.73 Å². The molecule has 0 radical (unpaired) electrons. The third-order valence-corrected chi connectivity index (χ3v) is 3.69. The Balaban J connectivity index is 1.65. The first-order valence-corrected chi connectivity index (χ1v) is 6.56. The monoisotopic (exact) mass is 253 g/mol.